The molecular weight excluding hydrogens is 407 g/mol. The fourth-order valence-corrected chi connectivity index (χ4v) is 4.15. The van der Waals surface area contributed by atoms with Crippen LogP contribution in [0.3, 0.4) is 0 Å². The molecule has 3 aromatic heterocycles. The normalized spacial score (nSPS) is 18.9. The van der Waals surface area contributed by atoms with E-state index in [0.29, 0.717) is 47.7 Å². The average Bonchev–Trinajstić information content (AvgIpc) is 3.45. The molecular formula is C22H22F3N5O. The first kappa shape index (κ1) is 20.0. The zero-order valence-electron chi connectivity index (χ0n) is 16.8. The van der Waals surface area contributed by atoms with Crippen LogP contribution >= 0.6 is 0 Å². The maximum atomic E-state index is 14.7. The first-order chi connectivity index (χ1) is 14.9. The van der Waals surface area contributed by atoms with E-state index in [2.05, 4.69) is 25.3 Å². The van der Waals surface area contributed by atoms with Crippen LogP contribution in [0.5, 0.6) is 0 Å². The van der Waals surface area contributed by atoms with Gasteiger partial charge in [-0.15, -0.1) is 0 Å². The van der Waals surface area contributed by atoms with E-state index < -0.39 is 11.7 Å². The van der Waals surface area contributed by atoms with Gasteiger partial charge in [0.15, 0.2) is 5.78 Å². The third-order valence-corrected chi connectivity index (χ3v) is 6.13. The van der Waals surface area contributed by atoms with Crippen molar-refractivity contribution in [2.45, 2.75) is 56.9 Å². The molecule has 2 aliphatic rings. The lowest BCUT2D eigenvalue weighted by atomic mass is 9.84. The van der Waals surface area contributed by atoms with E-state index in [1.165, 1.54) is 18.6 Å². The minimum absolute atomic E-state index is 0.0231. The van der Waals surface area contributed by atoms with Crippen molar-refractivity contribution in [2.75, 3.05) is 5.32 Å². The Morgan fingerprint density at radius 2 is 1.94 bits per heavy atom. The van der Waals surface area contributed by atoms with Crippen molar-refractivity contribution in [2.24, 2.45) is 5.92 Å². The predicted octanol–water partition coefficient (Wildman–Crippen LogP) is 4.67. The highest BCUT2D eigenvalue weighted by atomic mass is 19.3. The number of aromatic nitrogens is 4. The van der Waals surface area contributed by atoms with Crippen molar-refractivity contribution in [1.29, 1.82) is 0 Å². The molecule has 0 saturated heterocycles. The zero-order valence-corrected chi connectivity index (χ0v) is 16.8. The van der Waals surface area contributed by atoms with Crippen LogP contribution in [0.25, 0.3) is 11.0 Å². The van der Waals surface area contributed by atoms with Crippen molar-refractivity contribution in [3.8, 4) is 0 Å². The summed E-state index contributed by atoms with van der Waals surface area (Å²) in [4.78, 5) is 28.7. The van der Waals surface area contributed by atoms with E-state index in [9.17, 15) is 18.0 Å². The van der Waals surface area contributed by atoms with Gasteiger partial charge >= 0.3 is 0 Å². The van der Waals surface area contributed by atoms with Crippen LogP contribution in [0.1, 0.15) is 60.1 Å². The first-order valence-electron chi connectivity index (χ1n) is 10.6. The molecule has 0 amide bonds. The number of alkyl halides is 2. The van der Waals surface area contributed by atoms with Crippen molar-refractivity contribution in [3.63, 3.8) is 0 Å². The molecule has 2 N–H and O–H groups in total. The van der Waals surface area contributed by atoms with E-state index in [4.69, 9.17) is 0 Å². The number of fused-ring (bicyclic) bond motifs is 1. The number of aromatic amines is 1. The summed E-state index contributed by atoms with van der Waals surface area (Å²) in [6, 6.07) is 1.52. The Bertz CT molecular complexity index is 1130. The van der Waals surface area contributed by atoms with Gasteiger partial charge in [-0.25, -0.2) is 23.1 Å². The summed E-state index contributed by atoms with van der Waals surface area (Å²) in [6.45, 7) is 0. The van der Waals surface area contributed by atoms with Gasteiger partial charge in [-0.1, -0.05) is 0 Å². The van der Waals surface area contributed by atoms with Gasteiger partial charge in [0, 0.05) is 36.8 Å². The lowest BCUT2D eigenvalue weighted by Gasteiger charge is -2.28. The molecule has 3 heterocycles. The molecule has 162 valence electrons. The Morgan fingerprint density at radius 1 is 1.16 bits per heavy atom. The van der Waals surface area contributed by atoms with Crippen LogP contribution < -0.4 is 5.32 Å². The van der Waals surface area contributed by atoms with E-state index >= 15 is 0 Å². The van der Waals surface area contributed by atoms with Crippen LogP contribution in [0.4, 0.5) is 19.0 Å². The molecule has 31 heavy (non-hydrogen) atoms. The highest BCUT2D eigenvalue weighted by Crippen LogP contribution is 2.37. The third kappa shape index (κ3) is 4.13. The average molecular weight is 429 g/mol. The first-order valence-corrected chi connectivity index (χ1v) is 10.6. The number of hydrogen-bond acceptors (Lipinski definition) is 5. The summed E-state index contributed by atoms with van der Waals surface area (Å²) in [6.07, 6.45) is 7.08. The van der Waals surface area contributed by atoms with Crippen molar-refractivity contribution >= 4 is 22.6 Å². The predicted molar refractivity (Wildman–Crippen MR) is 109 cm³/mol. The zero-order chi connectivity index (χ0) is 21.6. The van der Waals surface area contributed by atoms with Gasteiger partial charge in [0.25, 0.3) is 0 Å². The Kier molecular flexibility index (Phi) is 4.91. The van der Waals surface area contributed by atoms with Gasteiger partial charge in [-0.3, -0.25) is 9.78 Å². The van der Waals surface area contributed by atoms with Crippen LogP contribution in [-0.4, -0.2) is 37.7 Å². The van der Waals surface area contributed by atoms with E-state index in [1.807, 2.05) is 0 Å². The van der Waals surface area contributed by atoms with Gasteiger partial charge < -0.3 is 10.3 Å². The van der Waals surface area contributed by atoms with Crippen LogP contribution in [-0.2, 0) is 6.42 Å². The van der Waals surface area contributed by atoms with Gasteiger partial charge in [-0.05, 0) is 44.1 Å². The summed E-state index contributed by atoms with van der Waals surface area (Å²) in [5.74, 6) is -3.03. The Morgan fingerprint density at radius 3 is 2.65 bits per heavy atom. The minimum atomic E-state index is -2.62. The molecule has 0 unspecified atom stereocenters. The number of anilines is 1. The lowest BCUT2D eigenvalue weighted by molar-refractivity contribution is -0.0457. The van der Waals surface area contributed by atoms with Crippen molar-refractivity contribution < 1.29 is 18.0 Å². The molecule has 0 atom stereocenters. The highest BCUT2D eigenvalue weighted by Gasteiger charge is 2.35. The summed E-state index contributed by atoms with van der Waals surface area (Å²) in [5, 5.41) is 3.87. The number of carbonyl (C=O) groups excluding carboxylic acids is 1. The number of hydrogen-bond donors (Lipinski definition) is 2. The van der Waals surface area contributed by atoms with Crippen molar-refractivity contribution in [3.05, 3.63) is 47.4 Å². The maximum Gasteiger partial charge on any atom is 0.248 e. The number of halogens is 3. The molecule has 2 fully saturated rings. The SMILES string of the molecule is O=C(c1cnc(CC2CCC(F)(F)CC2)c(F)c1)c1c[nH]c2ncnc(NC3CC3)c12. The molecule has 0 aromatic carbocycles. The molecule has 5 rings (SSSR count). The summed E-state index contributed by atoms with van der Waals surface area (Å²) >= 11 is 0. The molecule has 3 aromatic rings. The van der Waals surface area contributed by atoms with Gasteiger partial charge in [0.1, 0.15) is 23.6 Å². The van der Waals surface area contributed by atoms with E-state index in [-0.39, 0.29) is 35.8 Å². The quantitative estimate of drug-likeness (QED) is 0.557. The molecule has 0 bridgehead atoms. The minimum Gasteiger partial charge on any atom is -0.367 e. The molecule has 0 aliphatic heterocycles. The Labute approximate surface area is 176 Å². The van der Waals surface area contributed by atoms with Crippen LogP contribution in [0.2, 0.25) is 0 Å². The molecule has 6 nitrogen and oxygen atoms in total. The number of H-pyrrole nitrogens is 1. The molecule has 0 spiro atoms. The van der Waals surface area contributed by atoms with E-state index in [1.54, 1.807) is 6.20 Å². The molecule has 9 heteroatoms. The highest BCUT2D eigenvalue weighted by molar-refractivity contribution is 6.17. The fourth-order valence-electron chi connectivity index (χ4n) is 4.15. The number of rotatable bonds is 6. The molecule has 2 aliphatic carbocycles. The number of nitrogens with zero attached hydrogens (tertiary/aromatic N) is 3. The maximum absolute atomic E-state index is 14.7. The summed E-state index contributed by atoms with van der Waals surface area (Å²) < 4.78 is 41.4. The Balaban J connectivity index is 1.37. The topological polar surface area (TPSA) is 83.6 Å². The summed E-state index contributed by atoms with van der Waals surface area (Å²) in [5.41, 5.74) is 1.21. The monoisotopic (exact) mass is 429 g/mol. The number of ketones is 1. The standard InChI is InChI=1S/C22H22F3N5O/c23-16-8-13(9-26-17(16)7-12-3-5-22(24,25)6-4-12)19(31)15-10-27-20-18(15)21(29-11-28-20)30-14-1-2-14/h8-12,14H,1-7H2,(H2,27,28,29,30). The van der Waals surface area contributed by atoms with Crippen LogP contribution in [0.15, 0.2) is 24.8 Å². The lowest BCUT2D eigenvalue weighted by Crippen LogP contribution is -2.26. The Hall–Kier alpha value is -2.97. The van der Waals surface area contributed by atoms with E-state index in [0.717, 1.165) is 12.8 Å². The van der Waals surface area contributed by atoms with Gasteiger partial charge in [0.2, 0.25) is 5.92 Å². The van der Waals surface area contributed by atoms with Gasteiger partial charge in [-0.2, -0.15) is 0 Å². The number of carbonyl (C=O) groups is 1. The largest absolute Gasteiger partial charge is 0.367 e. The van der Waals surface area contributed by atoms with Gasteiger partial charge in [0.05, 0.1) is 16.6 Å². The van der Waals surface area contributed by atoms with Crippen LogP contribution in [0, 0.1) is 11.7 Å². The number of pyridine rings is 1. The molecule has 0 radical (unpaired) electrons. The second kappa shape index (κ2) is 7.62. The second-order valence-corrected chi connectivity index (χ2v) is 8.55. The van der Waals surface area contributed by atoms with Crippen molar-refractivity contribution in [1.82, 2.24) is 19.9 Å². The fraction of sp³-hybridized carbons (Fsp3) is 0.455. The number of nitrogens with one attached hydrogen (secondary N) is 2. The molecule has 2 saturated carbocycles. The smallest absolute Gasteiger partial charge is 0.248 e. The summed E-state index contributed by atoms with van der Waals surface area (Å²) in [7, 11) is 0. The third-order valence-electron chi connectivity index (χ3n) is 6.13. The second-order valence-electron chi connectivity index (χ2n) is 8.55.